The highest BCUT2D eigenvalue weighted by Crippen LogP contribution is 2.33. The number of aliphatic hydroxyl groups excluding tert-OH is 1. The molecule has 0 aromatic heterocycles. The third-order valence-corrected chi connectivity index (χ3v) is 4.25. The van der Waals surface area contributed by atoms with Crippen molar-refractivity contribution < 1.29 is 29.2 Å². The number of nitro benzene ring substituents is 1. The second-order valence-corrected chi connectivity index (χ2v) is 7.47. The molecule has 146 valence electrons. The molecule has 1 aromatic rings. The molecule has 1 N–H and O–H groups in total. The fourth-order valence-corrected chi connectivity index (χ4v) is 2.68. The lowest BCUT2D eigenvalue weighted by molar-refractivity contribution is -0.870. The fourth-order valence-electron chi connectivity index (χ4n) is 2.68. The summed E-state index contributed by atoms with van der Waals surface area (Å²) >= 11 is 0. The Kier molecular flexibility index (Phi) is 8.47. The number of likely N-dealkylation sites (N-methyl/N-ethyl adjacent to an activating group) is 1. The van der Waals surface area contributed by atoms with Crippen molar-refractivity contribution >= 4 is 11.8 Å². The van der Waals surface area contributed by atoms with Crippen LogP contribution in [0.25, 0.3) is 0 Å². The standard InChI is InChI=1S/C12H15NO3.C6H13NO3/c14-12-7-3-10(4-8-12)9-1-5-11(6-2-9)13(15)16;1-7(2,3)4-5-10-6(8)9/h1-2,5-6,10,12,14H,3-4,7-8H2;4-5H2,1-3H3. The summed E-state index contributed by atoms with van der Waals surface area (Å²) in [7, 11) is 5.87. The summed E-state index contributed by atoms with van der Waals surface area (Å²) in [5, 5.41) is 29.7. The molecule has 26 heavy (non-hydrogen) atoms. The van der Waals surface area contributed by atoms with E-state index in [0.717, 1.165) is 31.2 Å². The number of ether oxygens (including phenoxy) is 1. The van der Waals surface area contributed by atoms with E-state index >= 15 is 0 Å². The van der Waals surface area contributed by atoms with Gasteiger partial charge in [-0.15, -0.1) is 0 Å². The van der Waals surface area contributed by atoms with Gasteiger partial charge in [0, 0.05) is 12.1 Å². The van der Waals surface area contributed by atoms with Gasteiger partial charge in [0.05, 0.1) is 45.3 Å². The second kappa shape index (κ2) is 10.1. The number of hydrogen-bond acceptors (Lipinski definition) is 6. The Bertz CT molecular complexity index is 574. The van der Waals surface area contributed by atoms with Gasteiger partial charge in [-0.1, -0.05) is 12.1 Å². The van der Waals surface area contributed by atoms with Crippen molar-refractivity contribution in [2.45, 2.75) is 37.7 Å². The minimum atomic E-state index is -1.45. The molecule has 1 fully saturated rings. The molecule has 0 radical (unpaired) electrons. The van der Waals surface area contributed by atoms with E-state index in [4.69, 9.17) is 0 Å². The molecule has 1 saturated carbocycles. The van der Waals surface area contributed by atoms with Gasteiger partial charge in [-0.3, -0.25) is 10.1 Å². The Labute approximate surface area is 153 Å². The van der Waals surface area contributed by atoms with Gasteiger partial charge in [-0.2, -0.15) is 0 Å². The lowest BCUT2D eigenvalue weighted by Crippen LogP contribution is -2.39. The van der Waals surface area contributed by atoms with Crippen molar-refractivity contribution in [1.29, 1.82) is 0 Å². The minimum Gasteiger partial charge on any atom is -0.544 e. The zero-order valence-corrected chi connectivity index (χ0v) is 15.6. The predicted molar refractivity (Wildman–Crippen MR) is 94.6 cm³/mol. The number of rotatable bonds is 5. The Hall–Kier alpha value is -2.19. The SMILES string of the molecule is C[N+](C)(C)CCOC(=O)[O-].O=[N+]([O-])c1ccc(C2CCC(O)CC2)cc1. The molecule has 1 aliphatic carbocycles. The monoisotopic (exact) mass is 368 g/mol. The molecule has 2 rings (SSSR count). The third kappa shape index (κ3) is 8.77. The summed E-state index contributed by atoms with van der Waals surface area (Å²) < 4.78 is 4.90. The number of nitrogens with zero attached hydrogens (tertiary/aromatic N) is 2. The topological polar surface area (TPSA) is 113 Å². The number of quaternary nitrogens is 1. The summed E-state index contributed by atoms with van der Waals surface area (Å²) in [6.07, 6.45) is 2.00. The van der Waals surface area contributed by atoms with Gasteiger partial charge >= 0.3 is 0 Å². The van der Waals surface area contributed by atoms with Gasteiger partial charge < -0.3 is 24.2 Å². The molecule has 0 spiro atoms. The second-order valence-electron chi connectivity index (χ2n) is 7.47. The van der Waals surface area contributed by atoms with Crippen LogP contribution in [0.1, 0.15) is 37.2 Å². The summed E-state index contributed by atoms with van der Waals surface area (Å²) in [5.41, 5.74) is 1.29. The number of carbonyl (C=O) groups is 1. The van der Waals surface area contributed by atoms with E-state index in [2.05, 4.69) is 4.74 Å². The maximum Gasteiger partial charge on any atom is 0.269 e. The van der Waals surface area contributed by atoms with E-state index in [1.54, 1.807) is 12.1 Å². The van der Waals surface area contributed by atoms with Crippen LogP contribution >= 0.6 is 0 Å². The van der Waals surface area contributed by atoms with Gasteiger partial charge in [0.2, 0.25) is 0 Å². The van der Waals surface area contributed by atoms with Crippen LogP contribution in [0, 0.1) is 10.1 Å². The number of benzene rings is 1. The van der Waals surface area contributed by atoms with Crippen LogP contribution in [0.4, 0.5) is 10.5 Å². The molecule has 0 bridgehead atoms. The number of carboxylic acid groups (broad SMARTS) is 1. The largest absolute Gasteiger partial charge is 0.544 e. The third-order valence-electron chi connectivity index (χ3n) is 4.25. The molecule has 0 atom stereocenters. The van der Waals surface area contributed by atoms with Crippen LogP contribution in [0.3, 0.4) is 0 Å². The van der Waals surface area contributed by atoms with Gasteiger partial charge in [0.25, 0.3) is 11.8 Å². The number of nitro groups is 1. The number of carbonyl (C=O) groups excluding carboxylic acids is 1. The highest BCUT2D eigenvalue weighted by molar-refractivity contribution is 5.53. The van der Waals surface area contributed by atoms with E-state index in [1.165, 1.54) is 0 Å². The first kappa shape index (κ1) is 21.9. The number of aliphatic hydroxyl groups is 1. The van der Waals surface area contributed by atoms with E-state index in [1.807, 2.05) is 33.3 Å². The molecule has 8 nitrogen and oxygen atoms in total. The van der Waals surface area contributed by atoms with Gasteiger partial charge in [0.1, 0.15) is 0 Å². The van der Waals surface area contributed by atoms with Crippen LogP contribution in [-0.4, -0.2) is 61.1 Å². The summed E-state index contributed by atoms with van der Waals surface area (Å²) in [6, 6.07) is 6.78. The van der Waals surface area contributed by atoms with Crippen LogP contribution in [0.15, 0.2) is 24.3 Å². The van der Waals surface area contributed by atoms with Gasteiger partial charge in [0.15, 0.2) is 0 Å². The highest BCUT2D eigenvalue weighted by Gasteiger charge is 2.21. The van der Waals surface area contributed by atoms with Crippen LogP contribution in [0.5, 0.6) is 0 Å². The first-order chi connectivity index (χ1) is 12.1. The van der Waals surface area contributed by atoms with E-state index in [9.17, 15) is 25.1 Å². The zero-order chi connectivity index (χ0) is 19.7. The predicted octanol–water partition coefficient (Wildman–Crippen LogP) is 1.67. The summed E-state index contributed by atoms with van der Waals surface area (Å²) in [4.78, 5) is 19.9. The molecule has 8 heteroatoms. The smallest absolute Gasteiger partial charge is 0.269 e. The normalized spacial score (nSPS) is 19.8. The first-order valence-electron chi connectivity index (χ1n) is 8.65. The molecule has 0 unspecified atom stereocenters. The molecule has 0 saturated heterocycles. The Morgan fingerprint density at radius 3 is 2.15 bits per heavy atom. The zero-order valence-electron chi connectivity index (χ0n) is 15.6. The van der Waals surface area contributed by atoms with Crippen molar-refractivity contribution in [2.75, 3.05) is 34.3 Å². The maximum atomic E-state index is 10.5. The van der Waals surface area contributed by atoms with Crippen LogP contribution in [0.2, 0.25) is 0 Å². The average molecular weight is 368 g/mol. The van der Waals surface area contributed by atoms with Crippen molar-refractivity contribution in [2.24, 2.45) is 0 Å². The van der Waals surface area contributed by atoms with Crippen molar-refractivity contribution in [3.63, 3.8) is 0 Å². The van der Waals surface area contributed by atoms with Crippen LogP contribution < -0.4 is 5.11 Å². The van der Waals surface area contributed by atoms with E-state index in [0.29, 0.717) is 16.9 Å². The molecular formula is C18H28N2O6. The van der Waals surface area contributed by atoms with E-state index in [-0.39, 0.29) is 23.3 Å². The number of hydrogen-bond donors (Lipinski definition) is 1. The van der Waals surface area contributed by atoms with Crippen molar-refractivity contribution in [3.8, 4) is 0 Å². The summed E-state index contributed by atoms with van der Waals surface area (Å²) in [5.74, 6) is 0.448. The lowest BCUT2D eigenvalue weighted by atomic mass is 9.83. The number of non-ortho nitro benzene ring substituents is 1. The Balaban J connectivity index is 0.000000294. The molecule has 1 aromatic carbocycles. The lowest BCUT2D eigenvalue weighted by Gasteiger charge is -2.25. The maximum absolute atomic E-state index is 10.5. The van der Waals surface area contributed by atoms with Crippen molar-refractivity contribution in [1.82, 2.24) is 0 Å². The molecule has 0 aliphatic heterocycles. The van der Waals surface area contributed by atoms with Crippen LogP contribution in [-0.2, 0) is 4.74 Å². The first-order valence-corrected chi connectivity index (χ1v) is 8.65. The van der Waals surface area contributed by atoms with Gasteiger partial charge in [-0.05, 0) is 37.2 Å². The van der Waals surface area contributed by atoms with Crippen molar-refractivity contribution in [3.05, 3.63) is 39.9 Å². The average Bonchev–Trinajstić information content (AvgIpc) is 2.55. The minimum absolute atomic E-state index is 0.139. The molecular weight excluding hydrogens is 340 g/mol. The quantitative estimate of drug-likeness (QED) is 0.366. The fraction of sp³-hybridized carbons (Fsp3) is 0.611. The summed E-state index contributed by atoms with van der Waals surface area (Å²) in [6.45, 7) is 0.861. The highest BCUT2D eigenvalue weighted by atomic mass is 16.7. The molecule has 1 aliphatic rings. The Morgan fingerprint density at radius 1 is 1.19 bits per heavy atom. The van der Waals surface area contributed by atoms with Gasteiger partial charge in [-0.25, -0.2) is 0 Å². The Morgan fingerprint density at radius 2 is 1.73 bits per heavy atom. The molecule has 0 heterocycles. The van der Waals surface area contributed by atoms with E-state index < -0.39 is 6.16 Å². The molecule has 0 amide bonds.